The van der Waals surface area contributed by atoms with Gasteiger partial charge in [-0.15, -0.1) is 0 Å². The zero-order valence-electron chi connectivity index (χ0n) is 5.50. The summed E-state index contributed by atoms with van der Waals surface area (Å²) in [6, 6.07) is 0.0484. The molecule has 0 aromatic carbocycles. The number of rotatable bonds is 1. The van der Waals surface area contributed by atoms with E-state index >= 15 is 0 Å². The zero-order chi connectivity index (χ0) is 7.56. The first-order valence-corrected chi connectivity index (χ1v) is 3.13. The number of nitrogens with one attached hydrogen (secondary N) is 1. The van der Waals surface area contributed by atoms with Crippen LogP contribution in [-0.2, 0) is 4.79 Å². The molecule has 4 nitrogen and oxygen atoms in total. The monoisotopic (exact) mass is 142 g/mol. The van der Waals surface area contributed by atoms with Crippen molar-refractivity contribution in [1.82, 2.24) is 5.48 Å². The highest BCUT2D eigenvalue weighted by molar-refractivity contribution is 5.93. The van der Waals surface area contributed by atoms with E-state index in [1.54, 1.807) is 11.6 Å². The van der Waals surface area contributed by atoms with Gasteiger partial charge in [0.2, 0.25) is 0 Å². The molecule has 1 rings (SSSR count). The first-order chi connectivity index (χ1) is 4.74. The summed E-state index contributed by atoms with van der Waals surface area (Å²) in [5, 5.41) is 8.20. The Balaban J connectivity index is 2.51. The van der Waals surface area contributed by atoms with Gasteiger partial charge >= 0.3 is 0 Å². The van der Waals surface area contributed by atoms with E-state index in [1.807, 2.05) is 0 Å². The van der Waals surface area contributed by atoms with E-state index in [1.165, 1.54) is 0 Å². The predicted octanol–water partition coefficient (Wildman–Crippen LogP) is -0.461. The third kappa shape index (κ3) is 1.34. The molecule has 0 aromatic rings. The highest BCUT2D eigenvalue weighted by atomic mass is 16.5. The summed E-state index contributed by atoms with van der Waals surface area (Å²) in [6.45, 7) is 0. The second kappa shape index (κ2) is 2.81. The molecule has 0 bridgehead atoms. The Morgan fingerprint density at radius 1 is 1.90 bits per heavy atom. The SMILES string of the molecule is NC1CC=C(C(=O)NO)C1. The molecule has 0 aliphatic heterocycles. The van der Waals surface area contributed by atoms with Gasteiger partial charge < -0.3 is 5.73 Å². The van der Waals surface area contributed by atoms with Gasteiger partial charge in [-0.1, -0.05) is 6.08 Å². The summed E-state index contributed by atoms with van der Waals surface area (Å²) in [5.41, 5.74) is 7.65. The number of carbonyl (C=O) groups is 1. The summed E-state index contributed by atoms with van der Waals surface area (Å²) < 4.78 is 0. The average Bonchev–Trinajstić information content (AvgIpc) is 2.34. The first-order valence-electron chi connectivity index (χ1n) is 3.13. The maximum atomic E-state index is 10.7. The van der Waals surface area contributed by atoms with E-state index in [0.717, 1.165) is 6.42 Å². The van der Waals surface area contributed by atoms with Crippen LogP contribution in [0, 0.1) is 0 Å². The molecule has 0 heterocycles. The van der Waals surface area contributed by atoms with Gasteiger partial charge in [0.15, 0.2) is 0 Å². The number of nitrogens with two attached hydrogens (primary N) is 1. The van der Waals surface area contributed by atoms with Gasteiger partial charge in [0.25, 0.3) is 5.91 Å². The molecule has 4 N–H and O–H groups in total. The van der Waals surface area contributed by atoms with Crippen molar-refractivity contribution < 1.29 is 10.0 Å². The maximum Gasteiger partial charge on any atom is 0.270 e. The van der Waals surface area contributed by atoms with E-state index < -0.39 is 5.91 Å². The van der Waals surface area contributed by atoms with Gasteiger partial charge in [0.05, 0.1) is 0 Å². The lowest BCUT2D eigenvalue weighted by Crippen LogP contribution is -2.22. The number of carbonyl (C=O) groups excluding carboxylic acids is 1. The normalized spacial score (nSPS) is 24.2. The Labute approximate surface area is 58.7 Å². The van der Waals surface area contributed by atoms with Gasteiger partial charge in [0, 0.05) is 11.6 Å². The standard InChI is InChI=1S/C6H10N2O2/c7-5-2-1-4(3-5)6(9)8-10/h1,5,10H,2-3,7H2,(H,8,9). The molecule has 4 heteroatoms. The molecule has 1 atom stereocenters. The molecule has 0 fully saturated rings. The van der Waals surface area contributed by atoms with Gasteiger partial charge in [0.1, 0.15) is 0 Å². The van der Waals surface area contributed by atoms with E-state index in [0.29, 0.717) is 12.0 Å². The molecule has 1 unspecified atom stereocenters. The van der Waals surface area contributed by atoms with Crippen molar-refractivity contribution in [3.8, 4) is 0 Å². The molecule has 56 valence electrons. The van der Waals surface area contributed by atoms with Gasteiger partial charge in [-0.3, -0.25) is 10.0 Å². The lowest BCUT2D eigenvalue weighted by atomic mass is 10.2. The summed E-state index contributed by atoms with van der Waals surface area (Å²) in [6.07, 6.45) is 3.03. The molecule has 0 saturated carbocycles. The van der Waals surface area contributed by atoms with E-state index in [-0.39, 0.29) is 6.04 Å². The Hall–Kier alpha value is -0.870. The van der Waals surface area contributed by atoms with Crippen LogP contribution in [0.3, 0.4) is 0 Å². The van der Waals surface area contributed by atoms with Crippen LogP contribution in [0.15, 0.2) is 11.6 Å². The third-order valence-corrected chi connectivity index (χ3v) is 1.54. The highest BCUT2D eigenvalue weighted by Crippen LogP contribution is 2.16. The molecule has 10 heavy (non-hydrogen) atoms. The van der Waals surface area contributed by atoms with Crippen molar-refractivity contribution in [2.24, 2.45) is 5.73 Å². The Morgan fingerprint density at radius 2 is 2.60 bits per heavy atom. The fourth-order valence-electron chi connectivity index (χ4n) is 1.000. The van der Waals surface area contributed by atoms with Crippen molar-refractivity contribution >= 4 is 5.91 Å². The summed E-state index contributed by atoms with van der Waals surface area (Å²) in [4.78, 5) is 10.7. The van der Waals surface area contributed by atoms with Crippen molar-refractivity contribution in [3.05, 3.63) is 11.6 Å². The molecular weight excluding hydrogens is 132 g/mol. The van der Waals surface area contributed by atoms with E-state index in [4.69, 9.17) is 10.9 Å². The van der Waals surface area contributed by atoms with E-state index in [9.17, 15) is 4.79 Å². The number of hydrogen-bond acceptors (Lipinski definition) is 3. The lowest BCUT2D eigenvalue weighted by Gasteiger charge is -2.00. The second-order valence-corrected chi connectivity index (χ2v) is 2.37. The van der Waals surface area contributed by atoms with Gasteiger partial charge in [-0.25, -0.2) is 5.48 Å². The minimum Gasteiger partial charge on any atom is -0.327 e. The first kappa shape index (κ1) is 7.24. The average molecular weight is 142 g/mol. The fraction of sp³-hybridized carbons (Fsp3) is 0.500. The molecule has 0 aromatic heterocycles. The zero-order valence-corrected chi connectivity index (χ0v) is 5.50. The van der Waals surface area contributed by atoms with Crippen LogP contribution in [0.5, 0.6) is 0 Å². The molecule has 1 aliphatic carbocycles. The van der Waals surface area contributed by atoms with E-state index in [2.05, 4.69) is 0 Å². The smallest absolute Gasteiger partial charge is 0.270 e. The Kier molecular flexibility index (Phi) is 2.03. The molecule has 1 aliphatic rings. The summed E-state index contributed by atoms with van der Waals surface area (Å²) in [7, 11) is 0. The number of hydrogen-bond donors (Lipinski definition) is 3. The van der Waals surface area contributed by atoms with Crippen molar-refractivity contribution in [2.45, 2.75) is 18.9 Å². The molecule has 1 amide bonds. The van der Waals surface area contributed by atoms with Crippen molar-refractivity contribution in [2.75, 3.05) is 0 Å². The molecule has 0 saturated heterocycles. The Morgan fingerprint density at radius 3 is 3.00 bits per heavy atom. The van der Waals surface area contributed by atoms with Gasteiger partial charge in [-0.05, 0) is 12.8 Å². The highest BCUT2D eigenvalue weighted by Gasteiger charge is 2.17. The van der Waals surface area contributed by atoms with Gasteiger partial charge in [-0.2, -0.15) is 0 Å². The van der Waals surface area contributed by atoms with Crippen LogP contribution < -0.4 is 11.2 Å². The summed E-state index contributed by atoms with van der Waals surface area (Å²) >= 11 is 0. The fourth-order valence-corrected chi connectivity index (χ4v) is 1.000. The number of amides is 1. The van der Waals surface area contributed by atoms with Crippen LogP contribution in [0.4, 0.5) is 0 Å². The number of hydroxylamine groups is 1. The predicted molar refractivity (Wildman–Crippen MR) is 35.2 cm³/mol. The van der Waals surface area contributed by atoms with Crippen LogP contribution in [-0.4, -0.2) is 17.2 Å². The minimum atomic E-state index is -0.437. The Bertz CT molecular complexity index is 177. The van der Waals surface area contributed by atoms with Crippen LogP contribution in [0.25, 0.3) is 0 Å². The second-order valence-electron chi connectivity index (χ2n) is 2.37. The van der Waals surface area contributed by atoms with Crippen LogP contribution in [0.2, 0.25) is 0 Å². The van der Waals surface area contributed by atoms with Crippen LogP contribution >= 0.6 is 0 Å². The maximum absolute atomic E-state index is 10.7. The third-order valence-electron chi connectivity index (χ3n) is 1.54. The molecule has 0 radical (unpaired) electrons. The molecule has 0 spiro atoms. The lowest BCUT2D eigenvalue weighted by molar-refractivity contribution is -0.125. The van der Waals surface area contributed by atoms with Crippen LogP contribution in [0.1, 0.15) is 12.8 Å². The largest absolute Gasteiger partial charge is 0.327 e. The minimum absolute atomic E-state index is 0.0484. The van der Waals surface area contributed by atoms with Crippen molar-refractivity contribution in [1.29, 1.82) is 0 Å². The molecular formula is C6H10N2O2. The quantitative estimate of drug-likeness (QED) is 0.342. The summed E-state index contributed by atoms with van der Waals surface area (Å²) in [5.74, 6) is -0.437. The topological polar surface area (TPSA) is 75.4 Å². The van der Waals surface area contributed by atoms with Crippen molar-refractivity contribution in [3.63, 3.8) is 0 Å².